The van der Waals surface area contributed by atoms with E-state index in [4.69, 9.17) is 0 Å². The number of rotatable bonds is 7. The van der Waals surface area contributed by atoms with Crippen molar-refractivity contribution in [3.63, 3.8) is 0 Å². The number of nitrogens with one attached hydrogen (secondary N) is 1. The van der Waals surface area contributed by atoms with Gasteiger partial charge in [0.25, 0.3) is 5.78 Å². The van der Waals surface area contributed by atoms with Crippen LogP contribution < -0.4 is 5.32 Å². The van der Waals surface area contributed by atoms with Gasteiger partial charge in [-0.2, -0.15) is 10.1 Å². The number of nitrogens with zero attached hydrogens (tertiary/aromatic N) is 5. The summed E-state index contributed by atoms with van der Waals surface area (Å²) in [5.74, 6) is 0.227. The van der Waals surface area contributed by atoms with Crippen LogP contribution in [0.5, 0.6) is 0 Å². The van der Waals surface area contributed by atoms with Gasteiger partial charge in [0.1, 0.15) is 12.1 Å². The number of hydrogen-bond acceptors (Lipinski definition) is 5. The van der Waals surface area contributed by atoms with Gasteiger partial charge in [-0.25, -0.2) is 13.9 Å². The summed E-state index contributed by atoms with van der Waals surface area (Å²) in [5, 5.41) is 7.14. The molecule has 0 aliphatic carbocycles. The van der Waals surface area contributed by atoms with Crippen LogP contribution in [0.1, 0.15) is 35.0 Å². The van der Waals surface area contributed by atoms with E-state index < -0.39 is 0 Å². The third kappa shape index (κ3) is 4.33. The van der Waals surface area contributed by atoms with Crippen LogP contribution in [0, 0.1) is 19.7 Å². The monoisotopic (exact) mass is 384 g/mol. The quantitative estimate of drug-likeness (QED) is 0.676. The Morgan fingerprint density at radius 2 is 2.11 bits per heavy atom. The maximum atomic E-state index is 13.5. The minimum Gasteiger partial charge on any atom is -0.354 e. The Labute approximate surface area is 163 Å². The molecule has 0 aliphatic rings. The highest BCUT2D eigenvalue weighted by Gasteiger charge is 2.17. The number of carbonyl (C=O) groups is 1. The molecule has 0 spiro atoms. The molecule has 28 heavy (non-hydrogen) atoms. The fourth-order valence-corrected chi connectivity index (χ4v) is 3.37. The summed E-state index contributed by atoms with van der Waals surface area (Å²) in [6.07, 6.45) is 2.38. The molecule has 0 bridgehead atoms. The van der Waals surface area contributed by atoms with Gasteiger partial charge in [0.15, 0.2) is 0 Å². The van der Waals surface area contributed by atoms with E-state index in [0.717, 1.165) is 22.5 Å². The zero-order valence-electron chi connectivity index (χ0n) is 16.6. The summed E-state index contributed by atoms with van der Waals surface area (Å²) in [7, 11) is 3.82. The second-order valence-corrected chi connectivity index (χ2v) is 7.07. The van der Waals surface area contributed by atoms with E-state index in [9.17, 15) is 9.18 Å². The summed E-state index contributed by atoms with van der Waals surface area (Å²) >= 11 is 0. The van der Waals surface area contributed by atoms with Crippen molar-refractivity contribution >= 4 is 11.7 Å². The molecule has 1 N–H and O–H groups in total. The van der Waals surface area contributed by atoms with Crippen molar-refractivity contribution in [2.75, 3.05) is 20.6 Å². The number of likely N-dealkylation sites (N-methyl/N-ethyl adjacent to an activating group) is 1. The van der Waals surface area contributed by atoms with E-state index in [1.807, 2.05) is 38.9 Å². The van der Waals surface area contributed by atoms with Crippen LogP contribution >= 0.6 is 0 Å². The van der Waals surface area contributed by atoms with Crippen LogP contribution in [0.4, 0.5) is 4.39 Å². The molecule has 0 fully saturated rings. The third-order valence-electron chi connectivity index (χ3n) is 4.94. The van der Waals surface area contributed by atoms with Gasteiger partial charge < -0.3 is 10.2 Å². The first-order chi connectivity index (χ1) is 13.4. The van der Waals surface area contributed by atoms with Gasteiger partial charge in [-0.05, 0) is 57.6 Å². The van der Waals surface area contributed by atoms with Crippen LogP contribution in [0.25, 0.3) is 5.78 Å². The van der Waals surface area contributed by atoms with E-state index in [1.165, 1.54) is 18.5 Å². The normalized spacial score (nSPS) is 12.5. The molecule has 148 valence electrons. The summed E-state index contributed by atoms with van der Waals surface area (Å²) in [6.45, 7) is 4.28. The highest BCUT2D eigenvalue weighted by Crippen LogP contribution is 2.19. The van der Waals surface area contributed by atoms with Gasteiger partial charge in [0.05, 0.1) is 6.04 Å². The molecule has 0 saturated carbocycles. The van der Waals surface area contributed by atoms with Crippen LogP contribution in [0.2, 0.25) is 0 Å². The van der Waals surface area contributed by atoms with E-state index >= 15 is 0 Å². The Morgan fingerprint density at radius 1 is 1.32 bits per heavy atom. The highest BCUT2D eigenvalue weighted by molar-refractivity contribution is 5.76. The lowest BCUT2D eigenvalue weighted by Gasteiger charge is -2.25. The van der Waals surface area contributed by atoms with Crippen molar-refractivity contribution in [1.82, 2.24) is 29.8 Å². The SMILES string of the molecule is Cc1nc2ncnn2c(C)c1CCC(=O)NC[C@@H](c1cccc(F)c1)N(C)C. The predicted molar refractivity (Wildman–Crippen MR) is 104 cm³/mol. The lowest BCUT2D eigenvalue weighted by molar-refractivity contribution is -0.121. The third-order valence-corrected chi connectivity index (χ3v) is 4.94. The molecule has 3 aromatic rings. The molecule has 0 unspecified atom stereocenters. The Kier molecular flexibility index (Phi) is 5.99. The molecule has 3 rings (SSSR count). The van der Waals surface area contributed by atoms with E-state index in [0.29, 0.717) is 25.2 Å². The molecule has 1 aromatic carbocycles. The number of benzene rings is 1. The minimum atomic E-state index is -0.280. The first-order valence-electron chi connectivity index (χ1n) is 9.21. The molecule has 1 atom stereocenters. The molecule has 2 heterocycles. The lowest BCUT2D eigenvalue weighted by Crippen LogP contribution is -2.34. The Hall–Kier alpha value is -2.87. The smallest absolute Gasteiger partial charge is 0.252 e. The first-order valence-corrected chi connectivity index (χ1v) is 9.21. The average Bonchev–Trinajstić information content (AvgIpc) is 3.10. The van der Waals surface area contributed by atoms with E-state index in [1.54, 1.807) is 10.6 Å². The maximum absolute atomic E-state index is 13.5. The van der Waals surface area contributed by atoms with Crippen molar-refractivity contribution in [2.24, 2.45) is 0 Å². The van der Waals surface area contributed by atoms with Crippen LogP contribution in [0.3, 0.4) is 0 Å². The van der Waals surface area contributed by atoms with E-state index in [-0.39, 0.29) is 17.8 Å². The standard InChI is InChI=1S/C20H25FN6O/c1-13-17(14(2)27-20(25-13)23-12-24-27)8-9-19(28)22-11-18(26(3)4)15-6-5-7-16(21)10-15/h5-7,10,12,18H,8-9,11H2,1-4H3,(H,22,28)/t18-/m0/s1. The number of halogens is 1. The number of amides is 1. The second kappa shape index (κ2) is 8.43. The maximum Gasteiger partial charge on any atom is 0.252 e. The fourth-order valence-electron chi connectivity index (χ4n) is 3.37. The fraction of sp³-hybridized carbons (Fsp3) is 0.400. The molecule has 7 nitrogen and oxygen atoms in total. The highest BCUT2D eigenvalue weighted by atomic mass is 19.1. The Bertz CT molecular complexity index is 984. The second-order valence-electron chi connectivity index (χ2n) is 7.07. The predicted octanol–water partition coefficient (Wildman–Crippen LogP) is 2.23. The number of aryl methyl sites for hydroxylation is 2. The molecule has 2 aromatic heterocycles. The summed E-state index contributed by atoms with van der Waals surface area (Å²) < 4.78 is 15.2. The number of aromatic nitrogens is 4. The largest absolute Gasteiger partial charge is 0.354 e. The average molecular weight is 384 g/mol. The topological polar surface area (TPSA) is 75.4 Å². The van der Waals surface area contributed by atoms with Gasteiger partial charge >= 0.3 is 0 Å². The van der Waals surface area contributed by atoms with Crippen molar-refractivity contribution in [3.05, 3.63) is 58.9 Å². The van der Waals surface area contributed by atoms with Crippen molar-refractivity contribution in [3.8, 4) is 0 Å². The Balaban J connectivity index is 1.62. The van der Waals surface area contributed by atoms with Gasteiger partial charge in [0, 0.05) is 24.4 Å². The van der Waals surface area contributed by atoms with E-state index in [2.05, 4.69) is 20.4 Å². The zero-order chi connectivity index (χ0) is 20.3. The number of carbonyl (C=O) groups excluding carboxylic acids is 1. The molecular weight excluding hydrogens is 359 g/mol. The number of fused-ring (bicyclic) bond motifs is 1. The molecule has 0 aliphatic heterocycles. The molecule has 0 radical (unpaired) electrons. The van der Waals surface area contributed by atoms with Crippen LogP contribution in [-0.4, -0.2) is 51.0 Å². The van der Waals surface area contributed by atoms with Crippen molar-refractivity contribution in [1.29, 1.82) is 0 Å². The van der Waals surface area contributed by atoms with Crippen molar-refractivity contribution < 1.29 is 9.18 Å². The lowest BCUT2D eigenvalue weighted by atomic mass is 10.0. The van der Waals surface area contributed by atoms with Gasteiger partial charge in [-0.15, -0.1) is 0 Å². The van der Waals surface area contributed by atoms with Gasteiger partial charge in [-0.3, -0.25) is 4.79 Å². The molecule has 8 heteroatoms. The summed E-state index contributed by atoms with van der Waals surface area (Å²) in [4.78, 5) is 22.9. The van der Waals surface area contributed by atoms with Crippen LogP contribution in [-0.2, 0) is 11.2 Å². The minimum absolute atomic E-state index is 0.0549. The molecular formula is C20H25FN6O. The summed E-state index contributed by atoms with van der Waals surface area (Å²) in [5.41, 5.74) is 3.63. The molecule has 0 saturated heterocycles. The van der Waals surface area contributed by atoms with Crippen LogP contribution in [0.15, 0.2) is 30.6 Å². The van der Waals surface area contributed by atoms with Gasteiger partial charge in [-0.1, -0.05) is 12.1 Å². The number of hydrogen-bond donors (Lipinski definition) is 1. The zero-order valence-corrected chi connectivity index (χ0v) is 16.6. The van der Waals surface area contributed by atoms with Crippen molar-refractivity contribution in [2.45, 2.75) is 32.7 Å². The first kappa shape index (κ1) is 19.9. The summed E-state index contributed by atoms with van der Waals surface area (Å²) in [6, 6.07) is 6.37. The Morgan fingerprint density at radius 3 is 2.82 bits per heavy atom. The van der Waals surface area contributed by atoms with Gasteiger partial charge in [0.2, 0.25) is 5.91 Å². The molecule has 1 amide bonds.